The molecule has 5 nitrogen and oxygen atoms in total. The van der Waals surface area contributed by atoms with Crippen LogP contribution in [0.5, 0.6) is 17.2 Å². The van der Waals surface area contributed by atoms with Crippen LogP contribution in [0.25, 0.3) is 0 Å². The average molecular weight is 563 g/mol. The van der Waals surface area contributed by atoms with Crippen LogP contribution in [0, 0.1) is 0 Å². The van der Waals surface area contributed by atoms with Crippen molar-refractivity contribution in [1.82, 2.24) is 0 Å². The van der Waals surface area contributed by atoms with Crippen molar-refractivity contribution >= 4 is 12.4 Å². The van der Waals surface area contributed by atoms with E-state index < -0.39 is 12.1 Å². The zero-order chi connectivity index (χ0) is 30.5. The molecule has 0 bridgehead atoms. The van der Waals surface area contributed by atoms with Crippen molar-refractivity contribution in [2.75, 3.05) is 7.11 Å². The third-order valence-corrected chi connectivity index (χ3v) is 7.39. The Balaban J connectivity index is 1.88. The molecule has 0 radical (unpaired) electrons. The molecule has 0 aromatic heterocycles. The van der Waals surface area contributed by atoms with Gasteiger partial charge >= 0.3 is 0 Å². The number of aliphatic imine (C=N–C) groups is 2. The maximum atomic E-state index is 11.4. The molecule has 2 N–H and O–H groups in total. The van der Waals surface area contributed by atoms with Crippen molar-refractivity contribution in [1.29, 1.82) is 0 Å². The van der Waals surface area contributed by atoms with E-state index in [0.29, 0.717) is 16.9 Å². The lowest BCUT2D eigenvalue weighted by molar-refractivity contribution is 0.373. The van der Waals surface area contributed by atoms with Crippen LogP contribution < -0.4 is 4.74 Å². The molecule has 4 aromatic carbocycles. The lowest BCUT2D eigenvalue weighted by atomic mass is 9.79. The fourth-order valence-electron chi connectivity index (χ4n) is 4.89. The average Bonchev–Trinajstić information content (AvgIpc) is 2.96. The Morgan fingerprint density at radius 2 is 1.14 bits per heavy atom. The fraction of sp³-hybridized carbons (Fsp3) is 0.297. The molecule has 4 rings (SSSR count). The van der Waals surface area contributed by atoms with Gasteiger partial charge in [-0.05, 0) is 45.7 Å². The molecule has 0 fully saturated rings. The van der Waals surface area contributed by atoms with Crippen LogP contribution >= 0.6 is 0 Å². The highest BCUT2D eigenvalue weighted by atomic mass is 16.5. The Hall–Kier alpha value is -4.38. The molecular weight excluding hydrogens is 520 g/mol. The first-order valence-corrected chi connectivity index (χ1v) is 14.3. The predicted molar refractivity (Wildman–Crippen MR) is 174 cm³/mol. The van der Waals surface area contributed by atoms with E-state index in [1.54, 1.807) is 24.6 Å². The summed E-state index contributed by atoms with van der Waals surface area (Å²) in [6.07, 6.45) is 3.46. The van der Waals surface area contributed by atoms with Crippen molar-refractivity contribution in [3.63, 3.8) is 0 Å². The second-order valence-electron chi connectivity index (χ2n) is 12.6. The predicted octanol–water partition coefficient (Wildman–Crippen LogP) is 8.72. The summed E-state index contributed by atoms with van der Waals surface area (Å²) in [7, 11) is 1.53. The summed E-state index contributed by atoms with van der Waals surface area (Å²) < 4.78 is 5.30. The van der Waals surface area contributed by atoms with Gasteiger partial charge in [-0.3, -0.25) is 9.98 Å². The van der Waals surface area contributed by atoms with Crippen LogP contribution in [0.3, 0.4) is 0 Å². The molecule has 0 aliphatic heterocycles. The lowest BCUT2D eigenvalue weighted by Gasteiger charge is -2.27. The number of para-hydroxylation sites is 1. The molecule has 0 unspecified atom stereocenters. The maximum Gasteiger partial charge on any atom is 0.166 e. The molecule has 0 aliphatic rings. The molecule has 42 heavy (non-hydrogen) atoms. The van der Waals surface area contributed by atoms with Crippen molar-refractivity contribution < 1.29 is 14.9 Å². The monoisotopic (exact) mass is 562 g/mol. The molecular formula is C37H42N2O3. The van der Waals surface area contributed by atoms with E-state index in [0.717, 1.165) is 22.3 Å². The summed E-state index contributed by atoms with van der Waals surface area (Å²) in [6, 6.07) is 28.7. The first-order valence-electron chi connectivity index (χ1n) is 14.3. The van der Waals surface area contributed by atoms with E-state index in [-0.39, 0.29) is 22.3 Å². The van der Waals surface area contributed by atoms with Crippen LogP contribution in [0.2, 0.25) is 0 Å². The van der Waals surface area contributed by atoms with Gasteiger partial charge in [-0.1, -0.05) is 114 Å². The number of rotatable bonds is 8. The Kier molecular flexibility index (Phi) is 9.20. The SMILES string of the molecule is COc1cccc(C=N[C@@H](c2ccccc2)[C@@H](N=Cc2cc(C(C)(C)C)cc(C(C)(C)C)c2O)c2ccccc2)c1O. The third kappa shape index (κ3) is 7.09. The Bertz CT molecular complexity index is 1550. The van der Waals surface area contributed by atoms with Gasteiger partial charge in [0.05, 0.1) is 7.11 Å². The van der Waals surface area contributed by atoms with Crippen LogP contribution in [0.1, 0.15) is 87.0 Å². The minimum atomic E-state index is -0.412. The molecule has 0 saturated heterocycles. The number of phenolic OH excluding ortho intramolecular Hbond substituents is 2. The van der Waals surface area contributed by atoms with Crippen molar-refractivity contribution in [3.05, 3.63) is 124 Å². The molecule has 2 atom stereocenters. The van der Waals surface area contributed by atoms with Gasteiger partial charge in [0.25, 0.3) is 0 Å². The maximum absolute atomic E-state index is 11.4. The van der Waals surface area contributed by atoms with Crippen LogP contribution in [-0.4, -0.2) is 29.8 Å². The molecule has 5 heteroatoms. The fourth-order valence-corrected chi connectivity index (χ4v) is 4.89. The normalized spacial score (nSPS) is 13.9. The molecule has 0 spiro atoms. The highest BCUT2D eigenvalue weighted by Gasteiger charge is 2.26. The number of hydrogen-bond donors (Lipinski definition) is 2. The lowest BCUT2D eigenvalue weighted by Crippen LogP contribution is -2.17. The van der Waals surface area contributed by atoms with E-state index in [9.17, 15) is 10.2 Å². The van der Waals surface area contributed by atoms with Gasteiger partial charge in [0.15, 0.2) is 11.5 Å². The van der Waals surface area contributed by atoms with Crippen LogP contribution in [0.15, 0.2) is 101 Å². The minimum Gasteiger partial charge on any atom is -0.507 e. The Morgan fingerprint density at radius 1 is 0.619 bits per heavy atom. The number of aromatic hydroxyl groups is 2. The van der Waals surface area contributed by atoms with Gasteiger partial charge in [0, 0.05) is 29.1 Å². The van der Waals surface area contributed by atoms with E-state index >= 15 is 0 Å². The number of phenols is 2. The number of methoxy groups -OCH3 is 1. The first-order chi connectivity index (χ1) is 19.9. The highest BCUT2D eigenvalue weighted by Crippen LogP contribution is 2.39. The zero-order valence-corrected chi connectivity index (χ0v) is 25.7. The standard InChI is InChI=1S/C37H42N2O3/c1-36(2,3)29-21-28(34(40)30(22-29)37(4,5)6)24-39-33(26-17-12-9-13-18-26)32(25-15-10-8-11-16-25)38-23-27-19-14-20-31(42-7)35(27)41/h8-24,32-33,40-41H,1-7H3/t32-,33-/m0/s1. The van der Waals surface area contributed by atoms with Gasteiger partial charge in [-0.2, -0.15) is 0 Å². The van der Waals surface area contributed by atoms with E-state index in [2.05, 4.69) is 47.6 Å². The number of benzene rings is 4. The highest BCUT2D eigenvalue weighted by molar-refractivity contribution is 5.86. The summed E-state index contributed by atoms with van der Waals surface area (Å²) in [6.45, 7) is 12.8. The number of nitrogens with zero attached hydrogens (tertiary/aromatic N) is 2. The first kappa shape index (κ1) is 30.6. The molecule has 0 amide bonds. The molecule has 218 valence electrons. The summed E-state index contributed by atoms with van der Waals surface area (Å²) in [4.78, 5) is 10.1. The smallest absolute Gasteiger partial charge is 0.166 e. The van der Waals surface area contributed by atoms with Crippen molar-refractivity contribution in [2.24, 2.45) is 9.98 Å². The quantitative estimate of drug-likeness (QED) is 0.211. The molecule has 0 aliphatic carbocycles. The van der Waals surface area contributed by atoms with Crippen LogP contribution in [0.4, 0.5) is 0 Å². The number of ether oxygens (including phenoxy) is 1. The van der Waals surface area contributed by atoms with Gasteiger partial charge < -0.3 is 14.9 Å². The molecule has 0 heterocycles. The van der Waals surface area contributed by atoms with E-state index in [4.69, 9.17) is 14.7 Å². The number of hydrogen-bond acceptors (Lipinski definition) is 5. The zero-order valence-electron chi connectivity index (χ0n) is 25.7. The van der Waals surface area contributed by atoms with Gasteiger partial charge in [-0.15, -0.1) is 0 Å². The topological polar surface area (TPSA) is 74.4 Å². The largest absolute Gasteiger partial charge is 0.507 e. The molecule has 0 saturated carbocycles. The molecule has 4 aromatic rings. The third-order valence-electron chi connectivity index (χ3n) is 7.39. The van der Waals surface area contributed by atoms with E-state index in [1.807, 2.05) is 72.8 Å². The van der Waals surface area contributed by atoms with Crippen molar-refractivity contribution in [2.45, 2.75) is 64.5 Å². The van der Waals surface area contributed by atoms with E-state index in [1.165, 1.54) is 7.11 Å². The Labute approximate surface area is 250 Å². The summed E-state index contributed by atoms with van der Waals surface area (Å²) >= 11 is 0. The van der Waals surface area contributed by atoms with Crippen LogP contribution in [-0.2, 0) is 10.8 Å². The summed E-state index contributed by atoms with van der Waals surface area (Å²) in [5, 5.41) is 22.1. The van der Waals surface area contributed by atoms with Gasteiger partial charge in [0.1, 0.15) is 17.8 Å². The van der Waals surface area contributed by atoms with Crippen molar-refractivity contribution in [3.8, 4) is 17.2 Å². The second-order valence-corrected chi connectivity index (χ2v) is 12.6. The summed E-state index contributed by atoms with van der Waals surface area (Å²) in [5.74, 6) is 0.665. The second kappa shape index (κ2) is 12.6. The summed E-state index contributed by atoms with van der Waals surface area (Å²) in [5.41, 5.74) is 4.86. The Morgan fingerprint density at radius 3 is 1.62 bits per heavy atom. The van der Waals surface area contributed by atoms with Gasteiger partial charge in [0.2, 0.25) is 0 Å². The minimum absolute atomic E-state index is 0.0361. The van der Waals surface area contributed by atoms with Gasteiger partial charge in [-0.25, -0.2) is 0 Å².